The number of rotatable bonds is 5. The summed E-state index contributed by atoms with van der Waals surface area (Å²) < 4.78 is 5.16. The topological polar surface area (TPSA) is 72.0 Å². The molecule has 2 N–H and O–H groups in total. The molecule has 0 aliphatic heterocycles. The zero-order valence-electron chi connectivity index (χ0n) is 15.4. The summed E-state index contributed by atoms with van der Waals surface area (Å²) in [5.41, 5.74) is 3.10. The summed E-state index contributed by atoms with van der Waals surface area (Å²) >= 11 is 0. The van der Waals surface area contributed by atoms with Gasteiger partial charge in [-0.25, -0.2) is 0 Å². The molecular weight excluding hydrogens is 326 g/mol. The third-order valence-electron chi connectivity index (χ3n) is 3.90. The van der Waals surface area contributed by atoms with Crippen molar-refractivity contribution in [3.8, 4) is 5.75 Å². The molecule has 0 saturated heterocycles. The number of anilines is 4. The van der Waals surface area contributed by atoms with Gasteiger partial charge in [0.2, 0.25) is 5.95 Å². The van der Waals surface area contributed by atoms with Crippen LogP contribution in [-0.2, 0) is 5.41 Å². The molecule has 0 spiro atoms. The number of ether oxygens (including phenoxy) is 1. The van der Waals surface area contributed by atoms with Crippen molar-refractivity contribution in [1.29, 1.82) is 0 Å². The van der Waals surface area contributed by atoms with Crippen molar-refractivity contribution in [2.75, 3.05) is 17.7 Å². The van der Waals surface area contributed by atoms with Crippen molar-refractivity contribution >= 4 is 23.1 Å². The van der Waals surface area contributed by atoms with E-state index in [9.17, 15) is 0 Å². The maximum Gasteiger partial charge on any atom is 0.249 e. The van der Waals surface area contributed by atoms with Gasteiger partial charge < -0.3 is 15.4 Å². The predicted octanol–water partition coefficient (Wildman–Crippen LogP) is 4.66. The minimum Gasteiger partial charge on any atom is -0.497 e. The Morgan fingerprint density at radius 1 is 0.923 bits per heavy atom. The van der Waals surface area contributed by atoms with Gasteiger partial charge in [-0.05, 0) is 41.3 Å². The molecule has 0 aliphatic carbocycles. The summed E-state index contributed by atoms with van der Waals surface area (Å²) in [6.07, 6.45) is 1.61. The number of hydrogen-bond donors (Lipinski definition) is 2. The van der Waals surface area contributed by atoms with E-state index in [1.165, 1.54) is 5.56 Å². The molecule has 0 atom stereocenters. The van der Waals surface area contributed by atoms with Crippen LogP contribution in [0.25, 0.3) is 0 Å². The fraction of sp³-hybridized carbons (Fsp3) is 0.250. The lowest BCUT2D eigenvalue weighted by atomic mass is 9.86. The van der Waals surface area contributed by atoms with Gasteiger partial charge in [-0.2, -0.15) is 10.1 Å². The quantitative estimate of drug-likeness (QED) is 0.698. The van der Waals surface area contributed by atoms with E-state index in [0.29, 0.717) is 11.8 Å². The Bertz CT molecular complexity index is 872. The summed E-state index contributed by atoms with van der Waals surface area (Å²) in [5.74, 6) is 1.85. The second-order valence-corrected chi connectivity index (χ2v) is 6.94. The average molecular weight is 349 g/mol. The van der Waals surface area contributed by atoms with Crippen molar-refractivity contribution in [2.45, 2.75) is 26.2 Å². The smallest absolute Gasteiger partial charge is 0.249 e. The zero-order valence-corrected chi connectivity index (χ0v) is 15.4. The first-order chi connectivity index (χ1) is 12.5. The van der Waals surface area contributed by atoms with Gasteiger partial charge in [-0.15, -0.1) is 5.10 Å². The molecule has 1 aromatic heterocycles. The lowest BCUT2D eigenvalue weighted by Gasteiger charge is -2.23. The number of benzene rings is 2. The molecule has 1 heterocycles. The van der Waals surface area contributed by atoms with Crippen LogP contribution in [0.2, 0.25) is 0 Å². The fourth-order valence-electron chi connectivity index (χ4n) is 2.60. The fourth-order valence-corrected chi connectivity index (χ4v) is 2.60. The summed E-state index contributed by atoms with van der Waals surface area (Å²) in [6, 6.07) is 15.7. The number of nitrogens with one attached hydrogen (secondary N) is 2. The Balaban J connectivity index is 1.80. The average Bonchev–Trinajstić information content (AvgIpc) is 2.62. The molecule has 0 unspecified atom stereocenters. The number of aromatic nitrogens is 3. The zero-order chi connectivity index (χ0) is 18.6. The van der Waals surface area contributed by atoms with E-state index in [4.69, 9.17) is 4.74 Å². The van der Waals surface area contributed by atoms with E-state index in [1.807, 2.05) is 42.5 Å². The number of nitrogens with zero attached hydrogens (tertiary/aromatic N) is 3. The van der Waals surface area contributed by atoms with E-state index < -0.39 is 0 Å². The Hall–Kier alpha value is -3.15. The van der Waals surface area contributed by atoms with Gasteiger partial charge in [-0.1, -0.05) is 39.0 Å². The monoisotopic (exact) mass is 349 g/mol. The van der Waals surface area contributed by atoms with Crippen molar-refractivity contribution in [1.82, 2.24) is 15.2 Å². The molecule has 6 nitrogen and oxygen atoms in total. The summed E-state index contributed by atoms with van der Waals surface area (Å²) in [6.45, 7) is 6.55. The highest BCUT2D eigenvalue weighted by Gasteiger charge is 2.17. The predicted molar refractivity (Wildman–Crippen MR) is 105 cm³/mol. The molecular formula is C20H23N5O. The Morgan fingerprint density at radius 2 is 1.65 bits per heavy atom. The van der Waals surface area contributed by atoms with Crippen LogP contribution in [0.4, 0.5) is 23.1 Å². The number of methoxy groups -OCH3 is 1. The molecule has 6 heteroatoms. The van der Waals surface area contributed by atoms with Gasteiger partial charge in [-0.3, -0.25) is 0 Å². The van der Waals surface area contributed by atoms with Crippen LogP contribution in [0.3, 0.4) is 0 Å². The first-order valence-electron chi connectivity index (χ1n) is 8.43. The number of para-hydroxylation sites is 1. The lowest BCUT2D eigenvalue weighted by molar-refractivity contribution is 0.415. The standard InChI is InChI=1S/C20H23N5O/c1-20(2,3)16-7-5-6-8-17(16)23-18-13-21-25-19(24-18)22-14-9-11-15(26-4)12-10-14/h5-13H,1-4H3,(H2,22,23,24,25). The Morgan fingerprint density at radius 3 is 2.35 bits per heavy atom. The summed E-state index contributed by atoms with van der Waals surface area (Å²) in [5, 5.41) is 14.6. The minimum atomic E-state index is 0.0221. The Kier molecular flexibility index (Phi) is 5.02. The van der Waals surface area contributed by atoms with Crippen molar-refractivity contribution in [3.63, 3.8) is 0 Å². The second kappa shape index (κ2) is 7.39. The molecule has 0 aliphatic rings. The summed E-state index contributed by atoms with van der Waals surface area (Å²) in [4.78, 5) is 4.50. The maximum absolute atomic E-state index is 5.16. The van der Waals surface area contributed by atoms with Gasteiger partial charge in [0.15, 0.2) is 5.82 Å². The maximum atomic E-state index is 5.16. The van der Waals surface area contributed by atoms with Crippen LogP contribution in [0.15, 0.2) is 54.7 Å². The molecule has 134 valence electrons. The van der Waals surface area contributed by atoms with Crippen LogP contribution in [0.1, 0.15) is 26.3 Å². The van der Waals surface area contributed by atoms with E-state index in [1.54, 1.807) is 13.3 Å². The molecule has 2 aromatic carbocycles. The van der Waals surface area contributed by atoms with Crippen LogP contribution >= 0.6 is 0 Å². The molecule has 0 radical (unpaired) electrons. The molecule has 3 rings (SSSR count). The van der Waals surface area contributed by atoms with E-state index in [-0.39, 0.29) is 5.41 Å². The van der Waals surface area contributed by atoms with Gasteiger partial charge >= 0.3 is 0 Å². The van der Waals surface area contributed by atoms with Gasteiger partial charge in [0, 0.05) is 11.4 Å². The normalized spacial score (nSPS) is 11.1. The highest BCUT2D eigenvalue weighted by molar-refractivity contribution is 5.63. The first kappa shape index (κ1) is 17.7. The van der Waals surface area contributed by atoms with Crippen LogP contribution < -0.4 is 15.4 Å². The molecule has 0 fully saturated rings. The largest absolute Gasteiger partial charge is 0.497 e. The van der Waals surface area contributed by atoms with Gasteiger partial charge in [0.25, 0.3) is 0 Å². The van der Waals surface area contributed by atoms with Crippen molar-refractivity contribution in [3.05, 3.63) is 60.3 Å². The third-order valence-corrected chi connectivity index (χ3v) is 3.90. The third kappa shape index (κ3) is 4.27. The second-order valence-electron chi connectivity index (χ2n) is 6.94. The van der Waals surface area contributed by atoms with E-state index in [0.717, 1.165) is 17.1 Å². The van der Waals surface area contributed by atoms with Gasteiger partial charge in [0.05, 0.1) is 13.3 Å². The molecule has 3 aromatic rings. The molecule has 0 bridgehead atoms. The SMILES string of the molecule is COc1ccc(Nc2nncc(Nc3ccccc3C(C)(C)C)n2)cc1. The molecule has 0 amide bonds. The van der Waals surface area contributed by atoms with Crippen molar-refractivity contribution < 1.29 is 4.74 Å². The Labute approximate surface area is 153 Å². The highest BCUT2D eigenvalue weighted by Crippen LogP contribution is 2.30. The highest BCUT2D eigenvalue weighted by atomic mass is 16.5. The first-order valence-corrected chi connectivity index (χ1v) is 8.43. The van der Waals surface area contributed by atoms with E-state index in [2.05, 4.69) is 52.7 Å². The van der Waals surface area contributed by atoms with Crippen LogP contribution in [0, 0.1) is 0 Å². The minimum absolute atomic E-state index is 0.0221. The lowest BCUT2D eigenvalue weighted by Crippen LogP contribution is -2.14. The van der Waals surface area contributed by atoms with Crippen LogP contribution in [-0.4, -0.2) is 22.3 Å². The molecule has 0 saturated carbocycles. The van der Waals surface area contributed by atoms with Gasteiger partial charge in [0.1, 0.15) is 5.75 Å². The molecule has 26 heavy (non-hydrogen) atoms. The van der Waals surface area contributed by atoms with Crippen molar-refractivity contribution in [2.24, 2.45) is 0 Å². The van der Waals surface area contributed by atoms with E-state index >= 15 is 0 Å². The summed E-state index contributed by atoms with van der Waals surface area (Å²) in [7, 11) is 1.64. The number of hydrogen-bond acceptors (Lipinski definition) is 6. The van der Waals surface area contributed by atoms with Crippen LogP contribution in [0.5, 0.6) is 5.75 Å².